The summed E-state index contributed by atoms with van der Waals surface area (Å²) >= 11 is 0. The summed E-state index contributed by atoms with van der Waals surface area (Å²) in [5.41, 5.74) is 0.0802. The van der Waals surface area contributed by atoms with Crippen molar-refractivity contribution in [1.82, 2.24) is 4.31 Å². The van der Waals surface area contributed by atoms with Gasteiger partial charge in [-0.1, -0.05) is 20.8 Å². The average Bonchev–Trinajstić information content (AvgIpc) is 2.43. The zero-order valence-corrected chi connectivity index (χ0v) is 13.5. The van der Waals surface area contributed by atoms with Crippen molar-refractivity contribution in [2.45, 2.75) is 25.7 Å². The molecule has 1 N–H and O–H groups in total. The summed E-state index contributed by atoms with van der Waals surface area (Å²) in [7, 11) is -2.27. The third-order valence-corrected chi connectivity index (χ3v) is 4.97. The quantitative estimate of drug-likeness (QED) is 0.615. The molecule has 0 saturated heterocycles. The van der Waals surface area contributed by atoms with Gasteiger partial charge in [0.05, 0.1) is 4.92 Å². The number of nitro groups is 1. The fourth-order valence-electron chi connectivity index (χ4n) is 1.98. The van der Waals surface area contributed by atoms with Crippen molar-refractivity contribution in [1.29, 1.82) is 0 Å². The average molecular weight is 315 g/mol. The Labute approximate surface area is 125 Å². The molecule has 1 rings (SSSR count). The van der Waals surface area contributed by atoms with E-state index in [0.29, 0.717) is 12.2 Å². The van der Waals surface area contributed by atoms with Gasteiger partial charge in [-0.15, -0.1) is 0 Å². The minimum atomic E-state index is -3.88. The van der Waals surface area contributed by atoms with Gasteiger partial charge in [0, 0.05) is 31.9 Å². The summed E-state index contributed by atoms with van der Waals surface area (Å²) in [6.45, 7) is 6.11. The number of hydrogen-bond donors (Lipinski definition) is 1. The zero-order chi connectivity index (χ0) is 16.2. The van der Waals surface area contributed by atoms with Gasteiger partial charge in [-0.05, 0) is 18.1 Å². The molecule has 118 valence electrons. The van der Waals surface area contributed by atoms with Gasteiger partial charge in [0.1, 0.15) is 0 Å². The Hall–Kier alpha value is -1.67. The van der Waals surface area contributed by atoms with E-state index in [1.165, 1.54) is 22.5 Å². The smallest absolute Gasteiger partial charge is 0.291 e. The molecule has 0 aromatic heterocycles. The lowest BCUT2D eigenvalue weighted by Gasteiger charge is -2.22. The van der Waals surface area contributed by atoms with Crippen LogP contribution in [0.3, 0.4) is 0 Å². The molecule has 0 unspecified atom stereocenters. The van der Waals surface area contributed by atoms with Gasteiger partial charge in [-0.25, -0.2) is 8.42 Å². The number of nitrogens with zero attached hydrogens (tertiary/aromatic N) is 2. The second kappa shape index (κ2) is 6.86. The molecule has 0 fully saturated rings. The second-order valence-electron chi connectivity index (χ2n) is 5.04. The predicted molar refractivity (Wildman–Crippen MR) is 81.9 cm³/mol. The first-order chi connectivity index (χ1) is 9.73. The van der Waals surface area contributed by atoms with Crippen LogP contribution in [-0.4, -0.2) is 37.8 Å². The van der Waals surface area contributed by atoms with Crippen LogP contribution in [0.2, 0.25) is 0 Å². The lowest BCUT2D eigenvalue weighted by molar-refractivity contribution is -0.387. The topological polar surface area (TPSA) is 92.6 Å². The van der Waals surface area contributed by atoms with Crippen molar-refractivity contribution >= 4 is 21.4 Å². The van der Waals surface area contributed by atoms with Crippen molar-refractivity contribution in [3.05, 3.63) is 28.3 Å². The minimum Gasteiger partial charge on any atom is -0.388 e. The molecule has 0 aliphatic rings. The predicted octanol–water partition coefficient (Wildman–Crippen LogP) is 2.30. The SMILES string of the molecule is CCN(CC(C)C)S(=O)(=O)c1ccc(NC)cc1[N+](=O)[O-]. The van der Waals surface area contributed by atoms with E-state index in [4.69, 9.17) is 0 Å². The number of hydrogen-bond acceptors (Lipinski definition) is 5. The molecule has 0 bridgehead atoms. The first kappa shape index (κ1) is 17.4. The van der Waals surface area contributed by atoms with Crippen LogP contribution in [0, 0.1) is 16.0 Å². The van der Waals surface area contributed by atoms with E-state index in [9.17, 15) is 18.5 Å². The van der Waals surface area contributed by atoms with E-state index in [0.717, 1.165) is 0 Å². The summed E-state index contributed by atoms with van der Waals surface area (Å²) in [4.78, 5) is 10.2. The maximum absolute atomic E-state index is 12.6. The summed E-state index contributed by atoms with van der Waals surface area (Å²) in [6, 6.07) is 4.03. The van der Waals surface area contributed by atoms with Crippen molar-refractivity contribution in [2.75, 3.05) is 25.5 Å². The van der Waals surface area contributed by atoms with E-state index in [1.54, 1.807) is 14.0 Å². The van der Waals surface area contributed by atoms with Crippen molar-refractivity contribution in [2.24, 2.45) is 5.92 Å². The standard InChI is InChI=1S/C13H21N3O4S/c1-5-15(9-10(2)3)21(19,20)13-7-6-11(14-4)8-12(13)16(17)18/h6-8,10,14H,5,9H2,1-4H3. The highest BCUT2D eigenvalue weighted by Gasteiger charge is 2.31. The Balaban J connectivity index is 3.39. The van der Waals surface area contributed by atoms with Crippen LogP contribution >= 0.6 is 0 Å². The van der Waals surface area contributed by atoms with Gasteiger partial charge in [0.25, 0.3) is 5.69 Å². The van der Waals surface area contributed by atoms with Gasteiger partial charge in [0.15, 0.2) is 4.90 Å². The second-order valence-corrected chi connectivity index (χ2v) is 6.95. The number of rotatable bonds is 7. The van der Waals surface area contributed by atoms with Crippen molar-refractivity contribution in [3.63, 3.8) is 0 Å². The molecule has 0 atom stereocenters. The van der Waals surface area contributed by atoms with Crippen molar-refractivity contribution < 1.29 is 13.3 Å². The van der Waals surface area contributed by atoms with Gasteiger partial charge in [-0.3, -0.25) is 10.1 Å². The molecule has 1 aromatic carbocycles. The summed E-state index contributed by atoms with van der Waals surface area (Å²) in [6.07, 6.45) is 0. The maximum atomic E-state index is 12.6. The molecule has 1 aromatic rings. The highest BCUT2D eigenvalue weighted by atomic mass is 32.2. The van der Waals surface area contributed by atoms with Crippen LogP contribution in [0.5, 0.6) is 0 Å². The molecule has 7 nitrogen and oxygen atoms in total. The summed E-state index contributed by atoms with van der Waals surface area (Å²) in [5.74, 6) is 0.135. The molecule has 0 amide bonds. The Morgan fingerprint density at radius 2 is 2.00 bits per heavy atom. The molecule has 0 spiro atoms. The molecular weight excluding hydrogens is 294 g/mol. The molecular formula is C13H21N3O4S. The Bertz CT molecular complexity index is 614. The normalized spacial score (nSPS) is 11.9. The lowest BCUT2D eigenvalue weighted by atomic mass is 10.2. The van der Waals surface area contributed by atoms with Gasteiger partial charge >= 0.3 is 0 Å². The van der Waals surface area contributed by atoms with E-state index in [2.05, 4.69) is 5.32 Å². The van der Waals surface area contributed by atoms with E-state index >= 15 is 0 Å². The molecule has 0 saturated carbocycles. The van der Waals surface area contributed by atoms with Gasteiger partial charge < -0.3 is 5.32 Å². The monoisotopic (exact) mass is 315 g/mol. The summed E-state index contributed by atoms with van der Waals surface area (Å²) in [5, 5.41) is 13.9. The number of anilines is 1. The van der Waals surface area contributed by atoms with Crippen LogP contribution in [0.15, 0.2) is 23.1 Å². The van der Waals surface area contributed by atoms with Crippen LogP contribution in [0.25, 0.3) is 0 Å². The highest BCUT2D eigenvalue weighted by Crippen LogP contribution is 2.29. The van der Waals surface area contributed by atoms with Crippen LogP contribution in [0.1, 0.15) is 20.8 Å². The largest absolute Gasteiger partial charge is 0.388 e. The molecule has 21 heavy (non-hydrogen) atoms. The molecule has 0 aliphatic carbocycles. The van der Waals surface area contributed by atoms with Gasteiger partial charge in [-0.2, -0.15) is 4.31 Å². The third kappa shape index (κ3) is 3.92. The molecule has 0 radical (unpaired) electrons. The molecule has 0 heterocycles. The van der Waals surface area contributed by atoms with E-state index in [1.807, 2.05) is 13.8 Å². The Kier molecular flexibility index (Phi) is 5.68. The lowest BCUT2D eigenvalue weighted by Crippen LogP contribution is -2.34. The van der Waals surface area contributed by atoms with Crippen LogP contribution < -0.4 is 5.32 Å². The maximum Gasteiger partial charge on any atom is 0.291 e. The fourth-order valence-corrected chi connectivity index (χ4v) is 3.73. The van der Waals surface area contributed by atoms with Gasteiger partial charge in [0.2, 0.25) is 10.0 Å². The zero-order valence-electron chi connectivity index (χ0n) is 12.7. The van der Waals surface area contributed by atoms with E-state index in [-0.39, 0.29) is 17.4 Å². The van der Waals surface area contributed by atoms with E-state index < -0.39 is 20.6 Å². The first-order valence-corrected chi connectivity index (χ1v) is 8.14. The number of sulfonamides is 1. The third-order valence-electron chi connectivity index (χ3n) is 2.98. The molecule has 0 aliphatic heterocycles. The summed E-state index contributed by atoms with van der Waals surface area (Å²) < 4.78 is 26.5. The number of nitrogens with one attached hydrogen (secondary N) is 1. The Morgan fingerprint density at radius 3 is 2.43 bits per heavy atom. The van der Waals surface area contributed by atoms with Crippen LogP contribution in [0.4, 0.5) is 11.4 Å². The highest BCUT2D eigenvalue weighted by molar-refractivity contribution is 7.89. The fraction of sp³-hybridized carbons (Fsp3) is 0.538. The molecule has 8 heteroatoms. The minimum absolute atomic E-state index is 0.135. The first-order valence-electron chi connectivity index (χ1n) is 6.70. The number of benzene rings is 1. The van der Waals surface area contributed by atoms with Crippen LogP contribution in [-0.2, 0) is 10.0 Å². The number of nitro benzene ring substituents is 1. The Morgan fingerprint density at radius 1 is 1.38 bits per heavy atom. The van der Waals surface area contributed by atoms with Crippen molar-refractivity contribution in [3.8, 4) is 0 Å².